The van der Waals surface area contributed by atoms with Gasteiger partial charge in [0.1, 0.15) is 6.04 Å². The molecule has 0 radical (unpaired) electrons. The predicted molar refractivity (Wildman–Crippen MR) is 65.5 cm³/mol. The maximum absolute atomic E-state index is 13.6. The normalized spacial score (nSPS) is 12.4. The fraction of sp³-hybridized carbons (Fsp3) is 0.364. The van der Waals surface area contributed by atoms with Crippen LogP contribution >= 0.6 is 12.4 Å². The summed E-state index contributed by atoms with van der Waals surface area (Å²) in [6, 6.07) is 0.995. The van der Waals surface area contributed by atoms with Gasteiger partial charge in [0, 0.05) is 0 Å². The van der Waals surface area contributed by atoms with Gasteiger partial charge in [-0.1, -0.05) is 6.07 Å². The number of carbonyl (C=O) groups is 1. The monoisotopic (exact) mass is 297 g/mol. The summed E-state index contributed by atoms with van der Waals surface area (Å²) in [5.41, 5.74) is 5.09. The Balaban J connectivity index is 0.00000324. The van der Waals surface area contributed by atoms with E-state index in [0.29, 0.717) is 0 Å². The van der Waals surface area contributed by atoms with E-state index in [1.807, 2.05) is 0 Å². The minimum Gasteiger partial charge on any atom is -0.504 e. The molecule has 8 heteroatoms. The minimum absolute atomic E-state index is 0. The number of hydrogen-bond donors (Lipinski definition) is 3. The third-order valence-electron chi connectivity index (χ3n) is 2.30. The zero-order chi connectivity index (χ0) is 13.9. The topological polar surface area (TPSA) is 92.8 Å². The van der Waals surface area contributed by atoms with Crippen molar-refractivity contribution in [3.05, 3.63) is 23.8 Å². The maximum atomic E-state index is 13.6. The number of ether oxygens (including phenoxy) is 1. The average Bonchev–Trinajstić information content (AvgIpc) is 2.32. The minimum atomic E-state index is -3.92. The largest absolute Gasteiger partial charge is 0.504 e. The second-order valence-corrected chi connectivity index (χ2v) is 3.57. The van der Waals surface area contributed by atoms with Crippen LogP contribution in [0.5, 0.6) is 11.5 Å². The van der Waals surface area contributed by atoms with E-state index in [0.717, 1.165) is 18.2 Å². The number of halogens is 3. The molecule has 0 spiro atoms. The summed E-state index contributed by atoms with van der Waals surface area (Å²) in [6.07, 6.45) is 0. The molecule has 0 aliphatic rings. The first-order chi connectivity index (χ1) is 8.30. The Kier molecular flexibility index (Phi) is 5.98. The predicted octanol–water partition coefficient (Wildman–Crippen LogP) is 1.72. The lowest BCUT2D eigenvalue weighted by molar-refractivity contribution is -0.174. The lowest BCUT2D eigenvalue weighted by Gasteiger charge is -2.22. The Morgan fingerprint density at radius 3 is 2.47 bits per heavy atom. The van der Waals surface area contributed by atoms with E-state index >= 15 is 0 Å². The second kappa shape index (κ2) is 6.53. The van der Waals surface area contributed by atoms with Crippen LogP contribution in [-0.2, 0) is 9.53 Å². The van der Waals surface area contributed by atoms with E-state index in [1.165, 1.54) is 6.92 Å². The van der Waals surface area contributed by atoms with Crippen molar-refractivity contribution in [3.63, 3.8) is 0 Å². The van der Waals surface area contributed by atoms with Crippen molar-refractivity contribution < 1.29 is 28.5 Å². The highest BCUT2D eigenvalue weighted by Crippen LogP contribution is 2.34. The number of hydrogen-bond acceptors (Lipinski definition) is 5. The fourth-order valence-corrected chi connectivity index (χ4v) is 1.30. The van der Waals surface area contributed by atoms with Gasteiger partial charge in [-0.3, -0.25) is 0 Å². The number of aromatic hydroxyl groups is 2. The Hall–Kier alpha value is -1.60. The Morgan fingerprint density at radius 1 is 1.42 bits per heavy atom. The van der Waals surface area contributed by atoms with Crippen molar-refractivity contribution in [3.8, 4) is 11.5 Å². The molecule has 5 nitrogen and oxygen atoms in total. The number of nitrogens with two attached hydrogens (primary N) is 1. The molecule has 0 saturated carbocycles. The number of rotatable bonds is 4. The van der Waals surface area contributed by atoms with E-state index < -0.39 is 29.4 Å². The molecule has 1 atom stereocenters. The van der Waals surface area contributed by atoms with Crippen molar-refractivity contribution in [1.82, 2.24) is 0 Å². The van der Waals surface area contributed by atoms with Crippen LogP contribution in [-0.4, -0.2) is 28.7 Å². The molecule has 108 valence electrons. The highest BCUT2D eigenvalue weighted by Gasteiger charge is 2.47. The van der Waals surface area contributed by atoms with Crippen molar-refractivity contribution in [2.24, 2.45) is 5.73 Å². The Bertz CT molecular complexity index is 456. The smallest absolute Gasteiger partial charge is 0.379 e. The van der Waals surface area contributed by atoms with E-state index in [4.69, 9.17) is 10.8 Å². The molecule has 0 aliphatic carbocycles. The van der Waals surface area contributed by atoms with Crippen LogP contribution in [0.15, 0.2) is 18.2 Å². The van der Waals surface area contributed by atoms with Crippen molar-refractivity contribution in [2.75, 3.05) is 6.61 Å². The Labute approximate surface area is 114 Å². The SMILES string of the molecule is CCOC(=O)C(F)(F)[C@H](N)c1ccc(O)c(O)c1.Cl. The average molecular weight is 298 g/mol. The molecule has 0 heterocycles. The molecule has 0 amide bonds. The summed E-state index contributed by atoms with van der Waals surface area (Å²) in [5, 5.41) is 18.2. The lowest BCUT2D eigenvalue weighted by Crippen LogP contribution is -2.41. The molecule has 0 fully saturated rings. The molecule has 4 N–H and O–H groups in total. The molecule has 0 saturated heterocycles. The van der Waals surface area contributed by atoms with Gasteiger partial charge >= 0.3 is 11.9 Å². The number of carbonyl (C=O) groups excluding carboxylic acids is 1. The summed E-state index contributed by atoms with van der Waals surface area (Å²) in [5.74, 6) is -6.71. The Morgan fingerprint density at radius 2 is 2.00 bits per heavy atom. The summed E-state index contributed by atoms with van der Waals surface area (Å²) >= 11 is 0. The van der Waals surface area contributed by atoms with Gasteiger partial charge < -0.3 is 20.7 Å². The van der Waals surface area contributed by atoms with Crippen LogP contribution in [0.1, 0.15) is 18.5 Å². The molecular formula is C11H14ClF2NO4. The number of benzene rings is 1. The van der Waals surface area contributed by atoms with Crippen molar-refractivity contribution in [1.29, 1.82) is 0 Å². The zero-order valence-electron chi connectivity index (χ0n) is 9.97. The van der Waals surface area contributed by atoms with Crippen LogP contribution in [0, 0.1) is 0 Å². The number of phenols is 2. The summed E-state index contributed by atoms with van der Waals surface area (Å²) in [6.45, 7) is 1.20. The summed E-state index contributed by atoms with van der Waals surface area (Å²) < 4.78 is 31.4. The van der Waals surface area contributed by atoms with Crippen LogP contribution < -0.4 is 5.73 Å². The van der Waals surface area contributed by atoms with Gasteiger partial charge in [-0.15, -0.1) is 12.4 Å². The van der Waals surface area contributed by atoms with Gasteiger partial charge in [0.05, 0.1) is 6.61 Å². The molecule has 1 aromatic rings. The number of phenolic OH excluding ortho intramolecular Hbond substituents is 2. The molecule has 0 bridgehead atoms. The molecular weight excluding hydrogens is 284 g/mol. The van der Waals surface area contributed by atoms with Gasteiger partial charge in [-0.2, -0.15) is 8.78 Å². The van der Waals surface area contributed by atoms with Crippen LogP contribution in [0.25, 0.3) is 0 Å². The van der Waals surface area contributed by atoms with E-state index in [9.17, 15) is 18.7 Å². The van der Waals surface area contributed by atoms with Crippen LogP contribution in [0.2, 0.25) is 0 Å². The van der Waals surface area contributed by atoms with Gasteiger partial charge in [0.2, 0.25) is 0 Å². The standard InChI is InChI=1S/C11H13F2NO4.ClH/c1-2-18-10(17)11(12,13)9(14)6-3-4-7(15)8(16)5-6;/h3-5,9,15-16H,2,14H2,1H3;1H/t9-;/m1./s1. The van der Waals surface area contributed by atoms with Crippen LogP contribution in [0.4, 0.5) is 8.78 Å². The lowest BCUT2D eigenvalue weighted by atomic mass is 10.0. The van der Waals surface area contributed by atoms with E-state index in [2.05, 4.69) is 4.74 Å². The van der Waals surface area contributed by atoms with Crippen molar-refractivity contribution >= 4 is 18.4 Å². The van der Waals surface area contributed by atoms with Crippen molar-refractivity contribution in [2.45, 2.75) is 18.9 Å². The third kappa shape index (κ3) is 3.68. The highest BCUT2D eigenvalue weighted by molar-refractivity contribution is 5.85. The van der Waals surface area contributed by atoms with Gasteiger partial charge in [-0.05, 0) is 24.6 Å². The third-order valence-corrected chi connectivity index (χ3v) is 2.30. The number of esters is 1. The second-order valence-electron chi connectivity index (χ2n) is 3.57. The van der Waals surface area contributed by atoms with E-state index in [-0.39, 0.29) is 24.6 Å². The molecule has 0 unspecified atom stereocenters. The van der Waals surface area contributed by atoms with Gasteiger partial charge in [0.25, 0.3) is 0 Å². The fourth-order valence-electron chi connectivity index (χ4n) is 1.30. The number of alkyl halides is 2. The maximum Gasteiger partial charge on any atom is 0.379 e. The van der Waals surface area contributed by atoms with Crippen LogP contribution in [0.3, 0.4) is 0 Å². The first kappa shape index (κ1) is 17.4. The molecule has 19 heavy (non-hydrogen) atoms. The molecule has 1 aromatic carbocycles. The summed E-state index contributed by atoms with van der Waals surface area (Å²) in [7, 11) is 0. The quantitative estimate of drug-likeness (QED) is 0.581. The first-order valence-electron chi connectivity index (χ1n) is 5.13. The molecule has 1 rings (SSSR count). The highest BCUT2D eigenvalue weighted by atomic mass is 35.5. The summed E-state index contributed by atoms with van der Waals surface area (Å²) in [4.78, 5) is 11.1. The zero-order valence-corrected chi connectivity index (χ0v) is 10.8. The van der Waals surface area contributed by atoms with E-state index in [1.54, 1.807) is 0 Å². The molecule has 0 aliphatic heterocycles. The van der Waals surface area contributed by atoms with Gasteiger partial charge in [-0.25, -0.2) is 4.79 Å². The van der Waals surface area contributed by atoms with Gasteiger partial charge in [0.15, 0.2) is 11.5 Å². The molecule has 0 aromatic heterocycles. The first-order valence-corrected chi connectivity index (χ1v) is 5.13.